The molecule has 234 valence electrons. The Morgan fingerprint density at radius 1 is 0.909 bits per heavy atom. The number of likely N-dealkylation sites (tertiary alicyclic amines) is 1. The summed E-state index contributed by atoms with van der Waals surface area (Å²) in [5.41, 5.74) is 2.07. The van der Waals surface area contributed by atoms with E-state index in [1.54, 1.807) is 4.90 Å². The van der Waals surface area contributed by atoms with Gasteiger partial charge in [-0.15, -0.1) is 5.10 Å². The molecule has 2 amide bonds. The lowest BCUT2D eigenvalue weighted by Gasteiger charge is -2.41. The molecule has 3 aromatic rings. The number of piperidine rings is 1. The zero-order valence-electron chi connectivity index (χ0n) is 25.3. The number of methoxy groups -OCH3 is 1. The molecule has 0 radical (unpaired) electrons. The highest BCUT2D eigenvalue weighted by Gasteiger charge is 2.48. The van der Waals surface area contributed by atoms with Crippen LogP contribution >= 0.6 is 0 Å². The maximum absolute atomic E-state index is 14.4. The van der Waals surface area contributed by atoms with Crippen LogP contribution < -0.4 is 5.32 Å². The van der Waals surface area contributed by atoms with Gasteiger partial charge in [0, 0.05) is 55.1 Å². The van der Waals surface area contributed by atoms with Crippen LogP contribution in [0.4, 0.5) is 18.9 Å². The summed E-state index contributed by atoms with van der Waals surface area (Å²) in [6.07, 6.45) is 4.43. The number of esters is 1. The quantitative estimate of drug-likeness (QED) is 0.303. The van der Waals surface area contributed by atoms with Crippen LogP contribution in [0.25, 0.3) is 11.3 Å². The molecule has 1 saturated heterocycles. The Morgan fingerprint density at radius 3 is 2.16 bits per heavy atom. The summed E-state index contributed by atoms with van der Waals surface area (Å²) >= 11 is 0. The summed E-state index contributed by atoms with van der Waals surface area (Å²) in [6.45, 7) is 6.27. The topological polar surface area (TPSA) is 106 Å². The maximum atomic E-state index is 14.4. The van der Waals surface area contributed by atoms with Crippen molar-refractivity contribution in [3.05, 3.63) is 64.6 Å². The van der Waals surface area contributed by atoms with E-state index in [1.165, 1.54) is 18.0 Å². The number of nitrogens with zero attached hydrogens (tertiary/aromatic N) is 4. The molecular formula is C32H36F3N5O4. The van der Waals surface area contributed by atoms with E-state index in [0.717, 1.165) is 35.2 Å². The fourth-order valence-electron chi connectivity index (χ4n) is 6.70. The van der Waals surface area contributed by atoms with E-state index in [4.69, 9.17) is 4.74 Å². The molecule has 12 heteroatoms. The van der Waals surface area contributed by atoms with Crippen molar-refractivity contribution >= 4 is 23.5 Å². The first-order chi connectivity index (χ1) is 20.9. The normalized spacial score (nSPS) is 19.8. The molecule has 9 nitrogen and oxygen atoms in total. The van der Waals surface area contributed by atoms with Crippen molar-refractivity contribution < 1.29 is 32.3 Å². The number of aryl methyl sites for hydroxylation is 3. The van der Waals surface area contributed by atoms with Gasteiger partial charge in [0.2, 0.25) is 11.8 Å². The smallest absolute Gasteiger partial charge is 0.334 e. The van der Waals surface area contributed by atoms with Gasteiger partial charge in [-0.1, -0.05) is 35.8 Å². The Kier molecular flexibility index (Phi) is 8.80. The molecule has 1 aliphatic heterocycles. The Bertz CT molecular complexity index is 1580. The number of aromatic nitrogens is 3. The van der Waals surface area contributed by atoms with E-state index in [1.807, 2.05) is 32.9 Å². The van der Waals surface area contributed by atoms with Crippen LogP contribution in [0.3, 0.4) is 0 Å². The number of anilines is 1. The molecule has 44 heavy (non-hydrogen) atoms. The first-order valence-corrected chi connectivity index (χ1v) is 14.8. The van der Waals surface area contributed by atoms with E-state index in [0.29, 0.717) is 25.0 Å². The van der Waals surface area contributed by atoms with Gasteiger partial charge in [0.1, 0.15) is 11.5 Å². The van der Waals surface area contributed by atoms with Gasteiger partial charge < -0.3 is 15.0 Å². The molecule has 0 spiro atoms. The second-order valence-electron chi connectivity index (χ2n) is 11.9. The van der Waals surface area contributed by atoms with Gasteiger partial charge in [-0.25, -0.2) is 22.6 Å². The Hall–Kier alpha value is -4.22. The highest BCUT2D eigenvalue weighted by atomic mass is 19.2. The largest absolute Gasteiger partial charge is 0.467 e. The van der Waals surface area contributed by atoms with Gasteiger partial charge in [-0.2, -0.15) is 0 Å². The molecule has 1 aliphatic carbocycles. The van der Waals surface area contributed by atoms with Crippen molar-refractivity contribution in [3.8, 4) is 11.3 Å². The van der Waals surface area contributed by atoms with Crippen LogP contribution in [0.1, 0.15) is 55.2 Å². The molecule has 1 saturated carbocycles. The van der Waals surface area contributed by atoms with Gasteiger partial charge in [0.15, 0.2) is 17.2 Å². The molecular weight excluding hydrogens is 575 g/mol. The number of amides is 2. The molecule has 5 rings (SSSR count). The van der Waals surface area contributed by atoms with Crippen LogP contribution in [0.15, 0.2) is 30.5 Å². The van der Waals surface area contributed by atoms with Crippen molar-refractivity contribution in [3.63, 3.8) is 0 Å². The zero-order chi connectivity index (χ0) is 31.8. The predicted molar refractivity (Wildman–Crippen MR) is 156 cm³/mol. The van der Waals surface area contributed by atoms with Gasteiger partial charge in [0.25, 0.3) is 0 Å². The van der Waals surface area contributed by atoms with E-state index in [9.17, 15) is 27.6 Å². The Morgan fingerprint density at radius 2 is 1.52 bits per heavy atom. The molecule has 2 atom stereocenters. The molecule has 2 unspecified atom stereocenters. The summed E-state index contributed by atoms with van der Waals surface area (Å²) in [4.78, 5) is 42.2. The lowest BCUT2D eigenvalue weighted by molar-refractivity contribution is -0.158. The number of benzene rings is 2. The van der Waals surface area contributed by atoms with E-state index >= 15 is 0 Å². The lowest BCUT2D eigenvalue weighted by Crippen LogP contribution is -2.55. The van der Waals surface area contributed by atoms with Crippen molar-refractivity contribution in [2.24, 2.45) is 11.8 Å². The van der Waals surface area contributed by atoms with Gasteiger partial charge in [-0.3, -0.25) is 9.59 Å². The molecule has 0 bridgehead atoms. The van der Waals surface area contributed by atoms with Gasteiger partial charge in [-0.05, 0) is 50.8 Å². The molecule has 2 aromatic carbocycles. The number of hydrogen-bond acceptors (Lipinski definition) is 6. The zero-order valence-corrected chi connectivity index (χ0v) is 25.3. The number of nitrogens with one attached hydrogen (secondary N) is 1. The average molecular weight is 612 g/mol. The first kappa shape index (κ1) is 31.2. The maximum Gasteiger partial charge on any atom is 0.334 e. The highest BCUT2D eigenvalue weighted by molar-refractivity contribution is 5.97. The molecule has 1 aromatic heterocycles. The molecule has 2 aliphatic rings. The number of halogens is 3. The van der Waals surface area contributed by atoms with Crippen LogP contribution in [0, 0.1) is 50.1 Å². The molecule has 2 fully saturated rings. The number of carbonyl (C=O) groups excluding carboxylic acids is 3. The second kappa shape index (κ2) is 12.4. The predicted octanol–water partition coefficient (Wildman–Crippen LogP) is 5.22. The number of hydrogen-bond donors (Lipinski definition) is 1. The van der Waals surface area contributed by atoms with E-state index < -0.39 is 40.8 Å². The number of ether oxygens (including phenoxy) is 1. The van der Waals surface area contributed by atoms with E-state index in [2.05, 4.69) is 15.6 Å². The number of rotatable bonds is 6. The standard InChI is InChI=1S/C32H36F3N5O4/c1-18-13-19(2)28(20(3)14-18)36-29(41)21-7-5-6-8-22(21)30(42)39-11-9-32(10-12-39,31(43)44-4)40-17-27(37-38-40)23-15-25(34)26(35)16-24(23)33/h13-17,21-22H,5-12H2,1-4H3,(H,36,41). The van der Waals surface area contributed by atoms with Crippen LogP contribution in [-0.2, 0) is 24.7 Å². The van der Waals surface area contributed by atoms with Crippen LogP contribution in [-0.4, -0.2) is 57.9 Å². The SMILES string of the molecule is COC(=O)C1(n2cc(-c3cc(F)c(F)cc3F)nn2)CCN(C(=O)C2CCCCC2C(=O)Nc2c(C)cc(C)cc2C)CC1. The van der Waals surface area contributed by atoms with E-state index in [-0.39, 0.29) is 49.0 Å². The summed E-state index contributed by atoms with van der Waals surface area (Å²) in [7, 11) is 1.23. The molecule has 1 N–H and O–H groups in total. The fourth-order valence-corrected chi connectivity index (χ4v) is 6.70. The average Bonchev–Trinajstić information content (AvgIpc) is 3.50. The first-order valence-electron chi connectivity index (χ1n) is 14.8. The van der Waals surface area contributed by atoms with Crippen molar-refractivity contribution in [1.29, 1.82) is 0 Å². The lowest BCUT2D eigenvalue weighted by atomic mass is 9.77. The van der Waals surface area contributed by atoms with Crippen molar-refractivity contribution in [2.75, 3.05) is 25.5 Å². The third-order valence-electron chi connectivity index (χ3n) is 9.03. The van der Waals surface area contributed by atoms with Crippen molar-refractivity contribution in [2.45, 2.75) is 64.8 Å². The minimum Gasteiger partial charge on any atom is -0.467 e. The minimum absolute atomic E-state index is 0.0849. The van der Waals surface area contributed by atoms with Crippen LogP contribution in [0.5, 0.6) is 0 Å². The summed E-state index contributed by atoms with van der Waals surface area (Å²) in [5, 5.41) is 11.0. The Balaban J connectivity index is 1.33. The van der Waals surface area contributed by atoms with Crippen molar-refractivity contribution in [1.82, 2.24) is 19.9 Å². The molecule has 2 heterocycles. The minimum atomic E-state index is -1.35. The Labute approximate surface area is 253 Å². The third kappa shape index (κ3) is 5.81. The second-order valence-corrected chi connectivity index (χ2v) is 11.9. The third-order valence-corrected chi connectivity index (χ3v) is 9.03. The van der Waals surface area contributed by atoms with Gasteiger partial charge in [0.05, 0.1) is 13.3 Å². The number of carbonyl (C=O) groups is 3. The highest BCUT2D eigenvalue weighted by Crippen LogP contribution is 2.37. The summed E-state index contributed by atoms with van der Waals surface area (Å²) in [6, 6.07) is 5.13. The summed E-state index contributed by atoms with van der Waals surface area (Å²) in [5.74, 6) is -5.50. The summed E-state index contributed by atoms with van der Waals surface area (Å²) < 4.78 is 48.1. The monoisotopic (exact) mass is 611 g/mol. The van der Waals surface area contributed by atoms with Crippen LogP contribution in [0.2, 0.25) is 0 Å². The fraction of sp³-hybridized carbons (Fsp3) is 0.469. The van der Waals surface area contributed by atoms with Gasteiger partial charge >= 0.3 is 5.97 Å².